The summed E-state index contributed by atoms with van der Waals surface area (Å²) < 4.78 is 5.31. The van der Waals surface area contributed by atoms with Crippen molar-refractivity contribution in [2.24, 2.45) is 5.92 Å². The van der Waals surface area contributed by atoms with E-state index in [4.69, 9.17) is 4.74 Å². The fourth-order valence-corrected chi connectivity index (χ4v) is 3.26. The zero-order valence-corrected chi connectivity index (χ0v) is 14.4. The Balaban J connectivity index is 1.57. The van der Waals surface area contributed by atoms with E-state index in [0.29, 0.717) is 37.9 Å². The Bertz CT molecular complexity index is 738. The Morgan fingerprint density at radius 2 is 1.92 bits per heavy atom. The number of rotatable bonds is 5. The molecule has 2 aromatic rings. The molecule has 1 aliphatic heterocycles. The van der Waals surface area contributed by atoms with Crippen molar-refractivity contribution in [3.63, 3.8) is 0 Å². The number of amides is 1. The smallest absolute Gasteiger partial charge is 0.227 e. The topological polar surface area (TPSA) is 59.5 Å². The minimum Gasteiger partial charge on any atom is -0.496 e. The summed E-state index contributed by atoms with van der Waals surface area (Å²) in [5.41, 5.74) is 1.55. The Morgan fingerprint density at radius 1 is 1.16 bits per heavy atom. The Labute approximate surface area is 147 Å². The number of hydrogen-bond donors (Lipinski definition) is 0. The third kappa shape index (κ3) is 4.05. The molecule has 1 aliphatic rings. The standard InChI is InChI=1S/C20H22N2O3/c1-25-18-7-3-2-5-16(18)13-19(23)22-11-8-15(9-12-22)20(24)17-6-4-10-21-14-17/h2-7,10,14-15H,8-9,11-13H2,1H3. The van der Waals surface area contributed by atoms with Gasteiger partial charge in [-0.2, -0.15) is 0 Å². The molecule has 1 amide bonds. The molecule has 25 heavy (non-hydrogen) atoms. The molecular weight excluding hydrogens is 316 g/mol. The second-order valence-corrected chi connectivity index (χ2v) is 6.25. The van der Waals surface area contributed by atoms with Crippen LogP contribution in [0.25, 0.3) is 0 Å². The number of Topliss-reactive ketones (excluding diaryl/α,β-unsaturated/α-hetero) is 1. The molecule has 3 rings (SSSR count). The molecular formula is C20H22N2O3. The van der Waals surface area contributed by atoms with E-state index in [1.165, 1.54) is 0 Å². The highest BCUT2D eigenvalue weighted by Crippen LogP contribution is 2.23. The number of methoxy groups -OCH3 is 1. The minimum absolute atomic E-state index is 0.0282. The third-order valence-corrected chi connectivity index (χ3v) is 4.70. The lowest BCUT2D eigenvalue weighted by Crippen LogP contribution is -2.41. The number of carbonyl (C=O) groups is 2. The molecule has 0 aliphatic carbocycles. The van der Waals surface area contributed by atoms with Gasteiger partial charge < -0.3 is 9.64 Å². The SMILES string of the molecule is COc1ccccc1CC(=O)N1CCC(C(=O)c2cccnc2)CC1. The van der Waals surface area contributed by atoms with Gasteiger partial charge in [0.25, 0.3) is 0 Å². The number of piperidine rings is 1. The number of likely N-dealkylation sites (tertiary alicyclic amines) is 1. The summed E-state index contributed by atoms with van der Waals surface area (Å²) in [6.07, 6.45) is 5.00. The summed E-state index contributed by atoms with van der Waals surface area (Å²) in [5.74, 6) is 0.915. The van der Waals surface area contributed by atoms with E-state index < -0.39 is 0 Å². The van der Waals surface area contributed by atoms with Crippen molar-refractivity contribution in [1.29, 1.82) is 0 Å². The number of nitrogens with zero attached hydrogens (tertiary/aromatic N) is 2. The molecule has 0 atom stereocenters. The highest BCUT2D eigenvalue weighted by Gasteiger charge is 2.28. The number of hydrogen-bond acceptors (Lipinski definition) is 4. The molecule has 0 unspecified atom stereocenters. The zero-order valence-electron chi connectivity index (χ0n) is 14.4. The normalized spacial score (nSPS) is 15.0. The van der Waals surface area contributed by atoms with E-state index in [0.717, 1.165) is 11.3 Å². The predicted molar refractivity (Wildman–Crippen MR) is 94.6 cm³/mol. The van der Waals surface area contributed by atoms with Crippen LogP contribution in [0, 0.1) is 5.92 Å². The van der Waals surface area contributed by atoms with Gasteiger partial charge in [0.15, 0.2) is 5.78 Å². The lowest BCUT2D eigenvalue weighted by atomic mass is 9.89. The van der Waals surface area contributed by atoms with E-state index in [9.17, 15) is 9.59 Å². The lowest BCUT2D eigenvalue weighted by Gasteiger charge is -2.31. The van der Waals surface area contributed by atoms with Gasteiger partial charge >= 0.3 is 0 Å². The zero-order chi connectivity index (χ0) is 17.6. The molecule has 5 nitrogen and oxygen atoms in total. The first kappa shape index (κ1) is 17.1. The van der Waals surface area contributed by atoms with Crippen LogP contribution in [0.15, 0.2) is 48.8 Å². The van der Waals surface area contributed by atoms with Crippen LogP contribution in [0.4, 0.5) is 0 Å². The van der Waals surface area contributed by atoms with Crippen LogP contribution in [0.3, 0.4) is 0 Å². The van der Waals surface area contributed by atoms with Gasteiger partial charge in [-0.1, -0.05) is 18.2 Å². The van der Waals surface area contributed by atoms with Crippen molar-refractivity contribution in [3.05, 3.63) is 59.9 Å². The number of ether oxygens (including phenoxy) is 1. The van der Waals surface area contributed by atoms with Gasteiger partial charge in [-0.15, -0.1) is 0 Å². The quantitative estimate of drug-likeness (QED) is 0.787. The van der Waals surface area contributed by atoms with Crippen molar-refractivity contribution in [3.8, 4) is 5.75 Å². The first-order chi connectivity index (χ1) is 12.2. The second kappa shape index (κ2) is 7.92. The molecule has 0 radical (unpaired) electrons. The van der Waals surface area contributed by atoms with Gasteiger partial charge in [-0.05, 0) is 31.0 Å². The average Bonchev–Trinajstić information content (AvgIpc) is 2.68. The van der Waals surface area contributed by atoms with Crippen LogP contribution < -0.4 is 4.74 Å². The molecule has 5 heteroatoms. The van der Waals surface area contributed by atoms with Gasteiger partial charge in [-0.25, -0.2) is 0 Å². The molecule has 2 heterocycles. The number of benzene rings is 1. The molecule has 1 saturated heterocycles. The lowest BCUT2D eigenvalue weighted by molar-refractivity contribution is -0.131. The van der Waals surface area contributed by atoms with E-state index in [1.54, 1.807) is 31.6 Å². The number of pyridine rings is 1. The maximum Gasteiger partial charge on any atom is 0.227 e. The first-order valence-corrected chi connectivity index (χ1v) is 8.53. The van der Waals surface area contributed by atoms with Crippen molar-refractivity contribution < 1.29 is 14.3 Å². The van der Waals surface area contributed by atoms with Crippen LogP contribution in [0.1, 0.15) is 28.8 Å². The number of para-hydroxylation sites is 1. The van der Waals surface area contributed by atoms with Crippen molar-refractivity contribution in [2.75, 3.05) is 20.2 Å². The maximum atomic E-state index is 12.6. The maximum absolute atomic E-state index is 12.6. The van der Waals surface area contributed by atoms with Gasteiger partial charge in [0.05, 0.1) is 13.5 Å². The summed E-state index contributed by atoms with van der Waals surface area (Å²) in [6, 6.07) is 11.1. The highest BCUT2D eigenvalue weighted by atomic mass is 16.5. The Kier molecular flexibility index (Phi) is 5.43. The van der Waals surface area contributed by atoms with Crippen LogP contribution >= 0.6 is 0 Å². The second-order valence-electron chi connectivity index (χ2n) is 6.25. The largest absolute Gasteiger partial charge is 0.496 e. The van der Waals surface area contributed by atoms with Crippen LogP contribution in [-0.2, 0) is 11.2 Å². The summed E-state index contributed by atoms with van der Waals surface area (Å²) in [4.78, 5) is 30.9. The summed E-state index contributed by atoms with van der Waals surface area (Å²) in [7, 11) is 1.61. The average molecular weight is 338 g/mol. The van der Waals surface area contributed by atoms with Gasteiger partial charge in [0.1, 0.15) is 5.75 Å². The summed E-state index contributed by atoms with van der Waals surface area (Å²) in [5, 5.41) is 0. The van der Waals surface area contributed by atoms with E-state index in [1.807, 2.05) is 29.2 Å². The van der Waals surface area contributed by atoms with E-state index in [2.05, 4.69) is 4.98 Å². The fourth-order valence-electron chi connectivity index (χ4n) is 3.26. The molecule has 1 aromatic heterocycles. The summed E-state index contributed by atoms with van der Waals surface area (Å²) in [6.45, 7) is 1.23. The molecule has 1 aromatic carbocycles. The van der Waals surface area contributed by atoms with Crippen LogP contribution in [-0.4, -0.2) is 41.8 Å². The predicted octanol–water partition coefficient (Wildman–Crippen LogP) is 2.75. The fraction of sp³-hybridized carbons (Fsp3) is 0.350. The molecule has 0 saturated carbocycles. The molecule has 0 bridgehead atoms. The Hall–Kier alpha value is -2.69. The minimum atomic E-state index is -0.0282. The molecule has 0 N–H and O–H groups in total. The molecule has 0 spiro atoms. The van der Waals surface area contributed by atoms with Crippen molar-refractivity contribution in [2.45, 2.75) is 19.3 Å². The monoisotopic (exact) mass is 338 g/mol. The van der Waals surface area contributed by atoms with Gasteiger partial charge in [-0.3, -0.25) is 14.6 Å². The first-order valence-electron chi connectivity index (χ1n) is 8.53. The number of ketones is 1. The van der Waals surface area contributed by atoms with Crippen molar-refractivity contribution >= 4 is 11.7 Å². The van der Waals surface area contributed by atoms with Crippen molar-refractivity contribution in [1.82, 2.24) is 9.88 Å². The third-order valence-electron chi connectivity index (χ3n) is 4.70. The van der Waals surface area contributed by atoms with Crippen LogP contribution in [0.5, 0.6) is 5.75 Å². The van der Waals surface area contributed by atoms with Gasteiger partial charge in [0, 0.05) is 42.5 Å². The number of aromatic nitrogens is 1. The molecule has 1 fully saturated rings. The summed E-state index contributed by atoms with van der Waals surface area (Å²) >= 11 is 0. The van der Waals surface area contributed by atoms with Crippen LogP contribution in [0.2, 0.25) is 0 Å². The molecule has 130 valence electrons. The van der Waals surface area contributed by atoms with Gasteiger partial charge in [0.2, 0.25) is 5.91 Å². The van der Waals surface area contributed by atoms with E-state index >= 15 is 0 Å². The Morgan fingerprint density at radius 3 is 2.60 bits per heavy atom. The van der Waals surface area contributed by atoms with E-state index in [-0.39, 0.29) is 17.6 Å². The number of carbonyl (C=O) groups excluding carboxylic acids is 2. The highest BCUT2D eigenvalue weighted by molar-refractivity contribution is 5.97.